The van der Waals surface area contributed by atoms with Crippen molar-refractivity contribution in [2.45, 2.75) is 110 Å². The third kappa shape index (κ3) is 9.43. The van der Waals surface area contributed by atoms with Crippen molar-refractivity contribution < 1.29 is 9.53 Å². The van der Waals surface area contributed by atoms with E-state index in [-0.39, 0.29) is 11.9 Å². The van der Waals surface area contributed by atoms with E-state index in [2.05, 4.69) is 31.2 Å². The van der Waals surface area contributed by atoms with Crippen LogP contribution in [0.2, 0.25) is 0 Å². The molecular weight excluding hydrogens is 344 g/mol. The number of hydrogen-bond acceptors (Lipinski definition) is 2. The highest BCUT2D eigenvalue weighted by atomic mass is 16.5. The number of unbranched alkanes of at least 4 members (excludes halogenated alkanes) is 12. The molecule has 0 N–H and O–H groups in total. The van der Waals surface area contributed by atoms with Crippen molar-refractivity contribution in [1.82, 2.24) is 0 Å². The normalized spacial score (nSPS) is 23.1. The van der Waals surface area contributed by atoms with Crippen molar-refractivity contribution in [2.75, 3.05) is 6.61 Å². The molecule has 0 aromatic carbocycles. The highest BCUT2D eigenvalue weighted by Crippen LogP contribution is 2.43. The molecule has 0 saturated heterocycles. The Kier molecular flexibility index (Phi) is 12.3. The first-order chi connectivity index (χ1) is 13.8. The van der Waals surface area contributed by atoms with Crippen LogP contribution in [0.25, 0.3) is 0 Å². The van der Waals surface area contributed by atoms with Crippen LogP contribution in [0, 0.1) is 17.8 Å². The van der Waals surface area contributed by atoms with E-state index < -0.39 is 0 Å². The third-order valence-corrected chi connectivity index (χ3v) is 6.48. The smallest absolute Gasteiger partial charge is 0.309 e. The molecule has 1 saturated carbocycles. The molecule has 0 amide bonds. The minimum atomic E-state index is 0.0598. The molecule has 0 heterocycles. The van der Waals surface area contributed by atoms with Gasteiger partial charge in [0.1, 0.15) is 0 Å². The van der Waals surface area contributed by atoms with Crippen LogP contribution in [0.3, 0.4) is 0 Å². The van der Waals surface area contributed by atoms with Crippen LogP contribution < -0.4 is 0 Å². The van der Waals surface area contributed by atoms with Gasteiger partial charge in [-0.15, -0.1) is 0 Å². The molecule has 2 aliphatic carbocycles. The number of esters is 1. The Labute approximate surface area is 174 Å². The first-order valence-electron chi connectivity index (χ1n) is 12.3. The molecule has 2 bridgehead atoms. The zero-order valence-corrected chi connectivity index (χ0v) is 18.4. The number of ether oxygens (including phenoxy) is 1. The van der Waals surface area contributed by atoms with Crippen molar-refractivity contribution in [3.05, 3.63) is 24.3 Å². The fourth-order valence-corrected chi connectivity index (χ4v) is 4.68. The van der Waals surface area contributed by atoms with E-state index in [1.54, 1.807) is 0 Å². The van der Waals surface area contributed by atoms with Gasteiger partial charge in [-0.1, -0.05) is 89.0 Å². The monoisotopic (exact) mass is 388 g/mol. The molecule has 3 unspecified atom stereocenters. The average molecular weight is 389 g/mol. The van der Waals surface area contributed by atoms with Crippen molar-refractivity contribution >= 4 is 5.97 Å². The SMILES string of the molecule is CCCCCCCC/C=C\CCCCCCCCOC(=O)C1CC2C=CC1C2. The average Bonchev–Trinajstić information content (AvgIpc) is 3.34. The zero-order chi connectivity index (χ0) is 19.9. The van der Waals surface area contributed by atoms with Gasteiger partial charge in [0.2, 0.25) is 0 Å². The second-order valence-electron chi connectivity index (χ2n) is 8.99. The van der Waals surface area contributed by atoms with Gasteiger partial charge in [0.05, 0.1) is 12.5 Å². The number of carbonyl (C=O) groups is 1. The quantitative estimate of drug-likeness (QED) is 0.144. The summed E-state index contributed by atoms with van der Waals surface area (Å²) in [5.41, 5.74) is 0. The van der Waals surface area contributed by atoms with Crippen LogP contribution >= 0.6 is 0 Å². The molecule has 2 heteroatoms. The summed E-state index contributed by atoms with van der Waals surface area (Å²) in [7, 11) is 0. The molecule has 0 spiro atoms. The number of rotatable bonds is 17. The first-order valence-corrected chi connectivity index (χ1v) is 12.3. The fourth-order valence-electron chi connectivity index (χ4n) is 4.68. The lowest BCUT2D eigenvalue weighted by Crippen LogP contribution is -2.21. The lowest BCUT2D eigenvalue weighted by atomic mass is 9.94. The van der Waals surface area contributed by atoms with Crippen LogP contribution in [0.15, 0.2) is 24.3 Å². The van der Waals surface area contributed by atoms with E-state index in [0.29, 0.717) is 18.4 Å². The van der Waals surface area contributed by atoms with Gasteiger partial charge < -0.3 is 4.74 Å². The van der Waals surface area contributed by atoms with Crippen molar-refractivity contribution in [2.24, 2.45) is 17.8 Å². The summed E-state index contributed by atoms with van der Waals surface area (Å²) in [5, 5.41) is 0. The maximum Gasteiger partial charge on any atom is 0.309 e. The van der Waals surface area contributed by atoms with Crippen LogP contribution in [-0.2, 0) is 9.53 Å². The number of carbonyl (C=O) groups excluding carboxylic acids is 1. The summed E-state index contributed by atoms with van der Waals surface area (Å²) < 4.78 is 5.52. The molecule has 28 heavy (non-hydrogen) atoms. The molecule has 2 nitrogen and oxygen atoms in total. The van der Waals surface area contributed by atoms with Gasteiger partial charge in [-0.3, -0.25) is 4.79 Å². The highest BCUT2D eigenvalue weighted by Gasteiger charge is 2.40. The van der Waals surface area contributed by atoms with Crippen LogP contribution in [-0.4, -0.2) is 12.6 Å². The Morgan fingerprint density at radius 2 is 1.43 bits per heavy atom. The maximum absolute atomic E-state index is 12.1. The number of fused-ring (bicyclic) bond motifs is 2. The van der Waals surface area contributed by atoms with Crippen molar-refractivity contribution in [3.63, 3.8) is 0 Å². The van der Waals surface area contributed by atoms with Crippen molar-refractivity contribution in [1.29, 1.82) is 0 Å². The Balaban J connectivity index is 1.29. The van der Waals surface area contributed by atoms with Gasteiger partial charge in [-0.2, -0.15) is 0 Å². The van der Waals surface area contributed by atoms with E-state index in [9.17, 15) is 4.79 Å². The van der Waals surface area contributed by atoms with E-state index >= 15 is 0 Å². The fraction of sp³-hybridized carbons (Fsp3) is 0.808. The molecule has 2 aliphatic rings. The van der Waals surface area contributed by atoms with E-state index in [4.69, 9.17) is 4.74 Å². The highest BCUT2D eigenvalue weighted by molar-refractivity contribution is 5.74. The van der Waals surface area contributed by atoms with E-state index in [1.165, 1.54) is 89.9 Å². The Morgan fingerprint density at radius 1 is 0.821 bits per heavy atom. The topological polar surface area (TPSA) is 26.3 Å². The summed E-state index contributed by atoms with van der Waals surface area (Å²) >= 11 is 0. The summed E-state index contributed by atoms with van der Waals surface area (Å²) in [4.78, 5) is 12.1. The zero-order valence-electron chi connectivity index (χ0n) is 18.4. The molecule has 0 aromatic rings. The third-order valence-electron chi connectivity index (χ3n) is 6.48. The molecule has 160 valence electrons. The van der Waals surface area contributed by atoms with E-state index in [0.717, 1.165) is 12.8 Å². The lowest BCUT2D eigenvalue weighted by Gasteiger charge is -2.16. The van der Waals surface area contributed by atoms with Gasteiger partial charge in [0, 0.05) is 0 Å². The predicted octanol–water partition coefficient (Wildman–Crippen LogP) is 7.78. The van der Waals surface area contributed by atoms with Crippen LogP contribution in [0.1, 0.15) is 110 Å². The minimum absolute atomic E-state index is 0.0598. The van der Waals surface area contributed by atoms with Crippen molar-refractivity contribution in [3.8, 4) is 0 Å². The lowest BCUT2D eigenvalue weighted by molar-refractivity contribution is -0.149. The van der Waals surface area contributed by atoms with Crippen LogP contribution in [0.4, 0.5) is 0 Å². The molecule has 0 aliphatic heterocycles. The molecule has 2 rings (SSSR count). The van der Waals surface area contributed by atoms with Gasteiger partial charge in [-0.05, 0) is 56.8 Å². The Bertz CT molecular complexity index is 465. The molecule has 0 aromatic heterocycles. The minimum Gasteiger partial charge on any atom is -0.465 e. The molecule has 3 atom stereocenters. The summed E-state index contributed by atoms with van der Waals surface area (Å²) in [5.74, 6) is 1.33. The van der Waals surface area contributed by atoms with Gasteiger partial charge >= 0.3 is 5.97 Å². The standard InChI is InChI=1S/C26H44O2/c1-2-3-4-5-6-7-8-9-10-11-12-13-14-15-16-17-20-28-26(27)25-22-23-18-19-24(25)21-23/h9-10,18-19,23-25H,2-8,11-17,20-22H2,1H3/b10-9-. The second kappa shape index (κ2) is 14.9. The Morgan fingerprint density at radius 3 is 2.00 bits per heavy atom. The van der Waals surface area contributed by atoms with Gasteiger partial charge in [0.15, 0.2) is 0 Å². The Hall–Kier alpha value is -1.05. The maximum atomic E-state index is 12.1. The van der Waals surface area contributed by atoms with Gasteiger partial charge in [-0.25, -0.2) is 0 Å². The van der Waals surface area contributed by atoms with E-state index in [1.807, 2.05) is 0 Å². The molecule has 0 radical (unpaired) electrons. The summed E-state index contributed by atoms with van der Waals surface area (Å²) in [6.45, 7) is 2.90. The number of hydrogen-bond donors (Lipinski definition) is 0. The van der Waals surface area contributed by atoms with Crippen LogP contribution in [0.5, 0.6) is 0 Å². The summed E-state index contributed by atoms with van der Waals surface area (Å²) in [6, 6.07) is 0. The van der Waals surface area contributed by atoms with Gasteiger partial charge in [0.25, 0.3) is 0 Å². The first kappa shape index (κ1) is 23.2. The predicted molar refractivity (Wildman–Crippen MR) is 119 cm³/mol. The number of allylic oxidation sites excluding steroid dienone is 4. The molecule has 1 fully saturated rings. The second-order valence-corrected chi connectivity index (χ2v) is 8.99. The largest absolute Gasteiger partial charge is 0.465 e. The summed E-state index contributed by atoms with van der Waals surface area (Å²) in [6.07, 6.45) is 29.8. The molecular formula is C26H44O2.